The zero-order chi connectivity index (χ0) is 84.7. The van der Waals surface area contributed by atoms with Gasteiger partial charge in [-0.05, 0) is 51.4 Å². The van der Waals surface area contributed by atoms with Gasteiger partial charge in [0, 0.05) is 25.7 Å². The number of aliphatic hydroxyl groups excluding tert-OH is 9. The van der Waals surface area contributed by atoms with Crippen molar-refractivity contribution >= 4 is 31.7 Å². The number of hydrogen-bond acceptors (Lipinski definition) is 24. The second kappa shape index (κ2) is 69.6. The minimum atomic E-state index is -5.81. The summed E-state index contributed by atoms with van der Waals surface area (Å²) in [5.74, 6) is -2.97. The summed E-state index contributed by atoms with van der Waals surface area (Å²) in [5, 5.41) is 102. The molecule has 25 nitrogen and oxygen atoms in total. The van der Waals surface area contributed by atoms with E-state index in [0.29, 0.717) is 38.5 Å². The summed E-state index contributed by atoms with van der Waals surface area (Å²) >= 11 is 0. The third-order valence-electron chi connectivity index (χ3n) is 23.0. The van der Waals surface area contributed by atoms with Crippen LogP contribution in [0, 0.1) is 0 Å². The van der Waals surface area contributed by atoms with E-state index in [1.165, 1.54) is 193 Å². The number of hydrogen-bond donors (Lipinski definition) is 10. The highest BCUT2D eigenvalue weighted by atomic mass is 31.2. The number of unbranched alkanes of at least 4 members (excludes halogenated alkanes) is 50. The summed E-state index contributed by atoms with van der Waals surface area (Å²) in [6.07, 6.45) is 27.8. The first-order valence-corrected chi connectivity index (χ1v) is 48.4. The monoisotopic (exact) mass is 1680 g/mol. The molecule has 0 aromatic carbocycles. The van der Waals surface area contributed by atoms with Crippen LogP contribution in [0.3, 0.4) is 0 Å². The molecule has 0 bridgehead atoms. The third kappa shape index (κ3) is 49.5. The molecule has 682 valence electrons. The van der Waals surface area contributed by atoms with E-state index >= 15 is 0 Å². The molecule has 0 aromatic rings. The number of carbonyl (C=O) groups excluding carboxylic acids is 4. The Kier molecular flexibility index (Phi) is 64.4. The van der Waals surface area contributed by atoms with Crippen molar-refractivity contribution in [1.29, 1.82) is 0 Å². The summed E-state index contributed by atoms with van der Waals surface area (Å²) in [5.41, 5.74) is 0. The predicted molar refractivity (Wildman–Crippen MR) is 449 cm³/mol. The fraction of sp³-hybridized carbons (Fsp3) is 0.933. The first-order chi connectivity index (χ1) is 56.2. The van der Waals surface area contributed by atoms with E-state index in [1.807, 2.05) is 0 Å². The second-order valence-corrected chi connectivity index (χ2v) is 34.9. The van der Waals surface area contributed by atoms with Crippen LogP contribution in [-0.2, 0) is 70.7 Å². The van der Waals surface area contributed by atoms with Crippen LogP contribution >= 0.6 is 7.82 Å². The summed E-state index contributed by atoms with van der Waals surface area (Å²) < 4.78 is 73.4. The van der Waals surface area contributed by atoms with E-state index in [4.69, 9.17) is 46.9 Å². The van der Waals surface area contributed by atoms with Crippen LogP contribution in [0.1, 0.15) is 407 Å². The van der Waals surface area contributed by atoms with Gasteiger partial charge in [-0.15, -0.1) is 0 Å². The minimum absolute atomic E-state index is 0.0185. The maximum atomic E-state index is 14.9. The van der Waals surface area contributed by atoms with Crippen molar-refractivity contribution in [2.75, 3.05) is 26.4 Å². The predicted octanol–water partition coefficient (Wildman–Crippen LogP) is 17.2. The number of ether oxygens (including phenoxy) is 8. The fourth-order valence-corrected chi connectivity index (χ4v) is 16.5. The standard InChI is InChI=1S/C90H167O25P/c1-5-9-13-17-21-25-29-33-35-37-41-45-49-53-57-61-65-76(95)112-85-81(100)82(101)86(113-89-83(102)79(98)77(96)71(66-91)110-89)88(87(85)114-90-84(103)80(99)78(97)72(111-90)69-107-74(93)63-59-55-51-47-43-40-36-34-30-26-22-18-14-10-6-2)115-116(104,105)108-68-70(109-75(94)64-60-56-52-48-44-39-32-28-24-20-16-12-8-4)67-106-73(92)62-58-54-50-46-42-38-31-27-23-19-15-11-7-3/h39,44,70-72,77-91,96-103H,5-38,40-43,45-69H2,1-4H3,(H,104,105)/b44-39-. The van der Waals surface area contributed by atoms with Crippen molar-refractivity contribution in [3.05, 3.63) is 12.2 Å². The van der Waals surface area contributed by atoms with Crippen LogP contribution < -0.4 is 0 Å². The topological polar surface area (TPSA) is 380 Å². The molecule has 3 rings (SSSR count). The van der Waals surface area contributed by atoms with Gasteiger partial charge in [0.15, 0.2) is 24.8 Å². The highest BCUT2D eigenvalue weighted by molar-refractivity contribution is 7.47. The lowest BCUT2D eigenvalue weighted by Crippen LogP contribution is -2.70. The Morgan fingerprint density at radius 1 is 0.336 bits per heavy atom. The number of phosphoric ester groups is 1. The molecule has 1 aliphatic carbocycles. The third-order valence-corrected chi connectivity index (χ3v) is 24.0. The van der Waals surface area contributed by atoms with Crippen molar-refractivity contribution in [2.45, 2.75) is 511 Å². The Hall–Kier alpha value is -2.79. The van der Waals surface area contributed by atoms with Gasteiger partial charge in [-0.1, -0.05) is 342 Å². The van der Waals surface area contributed by atoms with Crippen LogP contribution in [0.2, 0.25) is 0 Å². The van der Waals surface area contributed by atoms with Gasteiger partial charge in [0.2, 0.25) is 0 Å². The number of phosphoric acid groups is 1. The minimum Gasteiger partial charge on any atom is -0.463 e. The number of carbonyl (C=O) groups is 4. The molecule has 3 fully saturated rings. The maximum Gasteiger partial charge on any atom is 0.472 e. The molecule has 0 amide bonds. The van der Waals surface area contributed by atoms with Gasteiger partial charge in [0.25, 0.3) is 0 Å². The van der Waals surface area contributed by atoms with Crippen molar-refractivity contribution in [3.63, 3.8) is 0 Å². The maximum absolute atomic E-state index is 14.9. The zero-order valence-electron chi connectivity index (χ0n) is 72.6. The van der Waals surface area contributed by atoms with Gasteiger partial charge in [0.1, 0.15) is 92.6 Å². The molecule has 3 aliphatic rings. The Balaban J connectivity index is 1.92. The van der Waals surface area contributed by atoms with E-state index < -0.39 is 162 Å². The molecule has 2 saturated heterocycles. The highest BCUT2D eigenvalue weighted by Crippen LogP contribution is 2.49. The van der Waals surface area contributed by atoms with E-state index in [9.17, 15) is 74.6 Å². The van der Waals surface area contributed by atoms with Crippen LogP contribution in [0.25, 0.3) is 0 Å². The lowest BCUT2D eigenvalue weighted by Gasteiger charge is -2.50. The first-order valence-electron chi connectivity index (χ1n) is 46.9. The molecule has 10 N–H and O–H groups in total. The summed E-state index contributed by atoms with van der Waals surface area (Å²) in [7, 11) is -5.81. The molecular weight excluding hydrogens is 1510 g/mol. The molecule has 116 heavy (non-hydrogen) atoms. The SMILES string of the molecule is CCCCCCCC/C=C\CCCCCC(=O)OC(COC(=O)CCCCCCCCCCCCCCC)COP(=O)(O)OC1C(OC2OC(CO)C(O)C(O)C2O)C(O)C(O)C(OC(=O)CCCCCCCCCCCCCCCCCC)C1OC1OC(COC(=O)CCCCCCCCCCCCCCCCC)C(O)C(O)C1O. The average Bonchev–Trinajstić information content (AvgIpc) is 0.755. The Labute approximate surface area is 699 Å². The van der Waals surface area contributed by atoms with Crippen LogP contribution in [-0.4, -0.2) is 205 Å². The Morgan fingerprint density at radius 2 is 0.647 bits per heavy atom. The molecule has 26 heteroatoms. The van der Waals surface area contributed by atoms with Crippen molar-refractivity contribution < 1.29 is 122 Å². The van der Waals surface area contributed by atoms with Crippen molar-refractivity contribution in [1.82, 2.24) is 0 Å². The number of aliphatic hydroxyl groups is 9. The largest absolute Gasteiger partial charge is 0.472 e. The fourth-order valence-electron chi connectivity index (χ4n) is 15.5. The van der Waals surface area contributed by atoms with Crippen LogP contribution in [0.15, 0.2) is 12.2 Å². The summed E-state index contributed by atoms with van der Waals surface area (Å²) in [6, 6.07) is 0. The van der Waals surface area contributed by atoms with Crippen LogP contribution in [0.5, 0.6) is 0 Å². The van der Waals surface area contributed by atoms with Gasteiger partial charge < -0.3 is 88.7 Å². The zero-order valence-corrected chi connectivity index (χ0v) is 73.5. The number of allylic oxidation sites excluding steroid dienone is 2. The normalized spacial score (nSPS) is 25.2. The molecule has 2 heterocycles. The molecule has 18 atom stereocenters. The Bertz CT molecular complexity index is 2460. The van der Waals surface area contributed by atoms with Gasteiger partial charge in [-0.3, -0.25) is 28.2 Å². The van der Waals surface area contributed by atoms with E-state index in [-0.39, 0.29) is 25.7 Å². The number of esters is 4. The molecular formula is C90H167O25P. The van der Waals surface area contributed by atoms with Crippen molar-refractivity contribution in [3.8, 4) is 0 Å². The van der Waals surface area contributed by atoms with E-state index in [0.717, 1.165) is 122 Å². The quantitative estimate of drug-likeness (QED) is 0.00889. The van der Waals surface area contributed by atoms with Gasteiger partial charge in [0.05, 0.1) is 13.2 Å². The molecule has 1 saturated carbocycles. The lowest BCUT2D eigenvalue weighted by atomic mass is 9.84. The summed E-state index contributed by atoms with van der Waals surface area (Å²) in [4.78, 5) is 66.4. The highest BCUT2D eigenvalue weighted by Gasteiger charge is 2.60. The molecule has 18 unspecified atom stereocenters. The smallest absolute Gasteiger partial charge is 0.463 e. The number of rotatable bonds is 76. The second-order valence-electron chi connectivity index (χ2n) is 33.5. The van der Waals surface area contributed by atoms with Crippen LogP contribution in [0.4, 0.5) is 0 Å². The lowest BCUT2D eigenvalue weighted by molar-refractivity contribution is -0.360. The van der Waals surface area contributed by atoms with Gasteiger partial charge >= 0.3 is 31.7 Å². The average molecular weight is 1680 g/mol. The molecule has 0 radical (unpaired) electrons. The van der Waals surface area contributed by atoms with Gasteiger partial charge in [-0.2, -0.15) is 0 Å². The Morgan fingerprint density at radius 3 is 1.03 bits per heavy atom. The first kappa shape index (κ1) is 107. The van der Waals surface area contributed by atoms with E-state index in [2.05, 4.69) is 39.8 Å². The summed E-state index contributed by atoms with van der Waals surface area (Å²) in [6.45, 7) is 5.59. The molecule has 0 aromatic heterocycles. The molecule has 2 aliphatic heterocycles. The molecule has 0 spiro atoms. The van der Waals surface area contributed by atoms with Crippen molar-refractivity contribution in [2.24, 2.45) is 0 Å². The van der Waals surface area contributed by atoms with Gasteiger partial charge in [-0.25, -0.2) is 4.57 Å². The van der Waals surface area contributed by atoms with E-state index in [1.54, 1.807) is 0 Å².